The van der Waals surface area contributed by atoms with Gasteiger partial charge in [0.1, 0.15) is 23.1 Å². The third-order valence-electron chi connectivity index (χ3n) is 5.13. The monoisotopic (exact) mass is 434 g/mol. The van der Waals surface area contributed by atoms with E-state index in [9.17, 15) is 9.59 Å². The first-order valence-corrected chi connectivity index (χ1v) is 10.6. The highest BCUT2D eigenvalue weighted by molar-refractivity contribution is 7.12. The Bertz CT molecular complexity index is 1320. The summed E-state index contributed by atoms with van der Waals surface area (Å²) in [6.45, 7) is 1.63. The average Bonchev–Trinajstić information content (AvgIpc) is 3.52. The van der Waals surface area contributed by atoms with E-state index in [-0.39, 0.29) is 18.6 Å². The van der Waals surface area contributed by atoms with Gasteiger partial charge < -0.3 is 13.6 Å². The zero-order valence-corrected chi connectivity index (χ0v) is 17.4. The Kier molecular flexibility index (Phi) is 4.91. The van der Waals surface area contributed by atoms with Gasteiger partial charge in [0.05, 0.1) is 16.9 Å². The van der Waals surface area contributed by atoms with Crippen LogP contribution in [0.4, 0.5) is 0 Å². The minimum atomic E-state index is -0.424. The molecule has 1 aliphatic heterocycles. The lowest BCUT2D eigenvalue weighted by molar-refractivity contribution is -0.135. The van der Waals surface area contributed by atoms with Crippen molar-refractivity contribution < 1.29 is 18.4 Å². The topological polar surface area (TPSA) is 85.2 Å². The molecule has 0 saturated carbocycles. The SMILES string of the molecule is Cc1cc(=O)oc2cc(OCC(=O)N3N=C(c4cccs4)C[C@H]3c3ccco3)ccc12. The minimum absolute atomic E-state index is 0.208. The third kappa shape index (κ3) is 3.77. The van der Waals surface area contributed by atoms with Crippen molar-refractivity contribution in [1.29, 1.82) is 0 Å². The number of aryl methyl sites for hydroxylation is 1. The summed E-state index contributed by atoms with van der Waals surface area (Å²) in [5.41, 5.74) is 1.66. The van der Waals surface area contributed by atoms with E-state index in [1.54, 1.807) is 35.8 Å². The van der Waals surface area contributed by atoms with E-state index in [2.05, 4.69) is 5.10 Å². The van der Waals surface area contributed by atoms with Gasteiger partial charge >= 0.3 is 5.63 Å². The summed E-state index contributed by atoms with van der Waals surface area (Å²) in [6, 6.07) is 13.9. The van der Waals surface area contributed by atoms with E-state index < -0.39 is 5.63 Å². The number of ether oxygens (including phenoxy) is 1. The molecular weight excluding hydrogens is 416 g/mol. The number of fused-ring (bicyclic) bond motifs is 1. The van der Waals surface area contributed by atoms with Crippen molar-refractivity contribution in [3.05, 3.63) is 86.8 Å². The zero-order chi connectivity index (χ0) is 21.4. The lowest BCUT2D eigenvalue weighted by Crippen LogP contribution is -2.31. The predicted molar refractivity (Wildman–Crippen MR) is 116 cm³/mol. The predicted octanol–water partition coefficient (Wildman–Crippen LogP) is 4.51. The fourth-order valence-corrected chi connectivity index (χ4v) is 4.36. The molecule has 4 heterocycles. The molecule has 1 amide bonds. The fraction of sp³-hybridized carbons (Fsp3) is 0.174. The first-order chi connectivity index (χ1) is 15.1. The van der Waals surface area contributed by atoms with Crippen molar-refractivity contribution in [3.63, 3.8) is 0 Å². The second-order valence-electron chi connectivity index (χ2n) is 7.19. The summed E-state index contributed by atoms with van der Waals surface area (Å²) in [6.07, 6.45) is 2.16. The number of carbonyl (C=O) groups excluding carboxylic acids is 1. The summed E-state index contributed by atoms with van der Waals surface area (Å²) in [5, 5.41) is 8.79. The van der Waals surface area contributed by atoms with Crippen molar-refractivity contribution in [2.75, 3.05) is 6.61 Å². The second kappa shape index (κ2) is 7.88. The molecule has 1 atom stereocenters. The molecule has 0 bridgehead atoms. The summed E-state index contributed by atoms with van der Waals surface area (Å²) < 4.78 is 16.5. The van der Waals surface area contributed by atoms with Gasteiger partial charge in [0.25, 0.3) is 5.91 Å². The van der Waals surface area contributed by atoms with Crippen LogP contribution in [-0.4, -0.2) is 23.2 Å². The normalized spacial score (nSPS) is 16.0. The summed E-state index contributed by atoms with van der Waals surface area (Å²) in [7, 11) is 0. The van der Waals surface area contributed by atoms with Crippen molar-refractivity contribution in [1.82, 2.24) is 5.01 Å². The Morgan fingerprint density at radius 1 is 1.26 bits per heavy atom. The summed E-state index contributed by atoms with van der Waals surface area (Å²) in [4.78, 5) is 25.7. The van der Waals surface area contributed by atoms with Crippen molar-refractivity contribution in [2.45, 2.75) is 19.4 Å². The third-order valence-corrected chi connectivity index (χ3v) is 6.05. The molecule has 0 unspecified atom stereocenters. The lowest BCUT2D eigenvalue weighted by atomic mass is 10.1. The van der Waals surface area contributed by atoms with E-state index in [4.69, 9.17) is 13.6 Å². The van der Waals surface area contributed by atoms with Crippen LogP contribution in [0.15, 0.2) is 78.9 Å². The van der Waals surface area contributed by atoms with Crippen LogP contribution in [0.3, 0.4) is 0 Å². The molecule has 1 aromatic carbocycles. The molecule has 31 heavy (non-hydrogen) atoms. The number of hydrogen-bond acceptors (Lipinski definition) is 7. The van der Waals surface area contributed by atoms with E-state index >= 15 is 0 Å². The maximum Gasteiger partial charge on any atom is 0.336 e. The molecule has 0 radical (unpaired) electrons. The molecule has 156 valence electrons. The number of hydrogen-bond donors (Lipinski definition) is 0. The maximum absolute atomic E-state index is 13.0. The van der Waals surface area contributed by atoms with Gasteiger partial charge in [-0.05, 0) is 48.2 Å². The Hall–Kier alpha value is -3.65. The average molecular weight is 434 g/mol. The van der Waals surface area contributed by atoms with Crippen LogP contribution in [0.2, 0.25) is 0 Å². The van der Waals surface area contributed by atoms with Gasteiger partial charge in [-0.1, -0.05) is 6.07 Å². The fourth-order valence-electron chi connectivity index (χ4n) is 3.64. The van der Waals surface area contributed by atoms with Crippen molar-refractivity contribution in [3.8, 4) is 5.75 Å². The standard InChI is InChI=1S/C23H18N2O5S/c1-14-10-23(27)30-20-11-15(6-7-16(14)20)29-13-22(26)25-18(19-4-2-8-28-19)12-17(24-25)21-5-3-9-31-21/h2-11,18H,12-13H2,1H3/t18-/m0/s1. The van der Waals surface area contributed by atoms with E-state index in [0.29, 0.717) is 23.5 Å². The molecule has 0 spiro atoms. The largest absolute Gasteiger partial charge is 0.484 e. The van der Waals surface area contributed by atoms with Gasteiger partial charge in [0.15, 0.2) is 6.61 Å². The molecule has 0 aliphatic carbocycles. The van der Waals surface area contributed by atoms with Crippen molar-refractivity contribution >= 4 is 33.9 Å². The number of thiophene rings is 1. The summed E-state index contributed by atoms with van der Waals surface area (Å²) >= 11 is 1.58. The molecule has 7 nitrogen and oxygen atoms in total. The Morgan fingerprint density at radius 2 is 2.16 bits per heavy atom. The lowest BCUT2D eigenvalue weighted by Gasteiger charge is -2.20. The molecule has 1 aliphatic rings. The van der Waals surface area contributed by atoms with Crippen LogP contribution >= 0.6 is 11.3 Å². The van der Waals surface area contributed by atoms with E-state index in [1.165, 1.54) is 11.1 Å². The van der Waals surface area contributed by atoms with Gasteiger partial charge in [-0.15, -0.1) is 11.3 Å². The quantitative estimate of drug-likeness (QED) is 0.432. The number of nitrogens with zero attached hydrogens (tertiary/aromatic N) is 2. The maximum atomic E-state index is 13.0. The van der Waals surface area contributed by atoms with Gasteiger partial charge in [-0.3, -0.25) is 4.79 Å². The highest BCUT2D eigenvalue weighted by Gasteiger charge is 2.35. The number of rotatable bonds is 5. The molecule has 0 saturated heterocycles. The number of hydrazone groups is 1. The van der Waals surface area contributed by atoms with Crippen molar-refractivity contribution in [2.24, 2.45) is 5.10 Å². The van der Waals surface area contributed by atoms with E-state index in [1.807, 2.05) is 36.6 Å². The Labute approximate surface area is 181 Å². The van der Waals surface area contributed by atoms with Crippen LogP contribution < -0.4 is 10.4 Å². The molecule has 8 heteroatoms. The minimum Gasteiger partial charge on any atom is -0.484 e. The molecule has 0 fully saturated rings. The van der Waals surface area contributed by atoms with Gasteiger partial charge in [0, 0.05) is 23.9 Å². The molecule has 0 N–H and O–H groups in total. The summed E-state index contributed by atoms with van der Waals surface area (Å²) in [5.74, 6) is 0.816. The zero-order valence-electron chi connectivity index (χ0n) is 16.6. The molecular formula is C23H18N2O5S. The molecule has 5 rings (SSSR count). The Morgan fingerprint density at radius 3 is 2.94 bits per heavy atom. The van der Waals surface area contributed by atoms with Crippen LogP contribution in [0.25, 0.3) is 11.0 Å². The number of furan rings is 1. The van der Waals surface area contributed by atoms with Crippen LogP contribution in [0.5, 0.6) is 5.75 Å². The highest BCUT2D eigenvalue weighted by atomic mass is 32.1. The van der Waals surface area contributed by atoms with Gasteiger partial charge in [-0.25, -0.2) is 9.80 Å². The first-order valence-electron chi connectivity index (χ1n) is 9.72. The van der Waals surface area contributed by atoms with Gasteiger partial charge in [-0.2, -0.15) is 5.10 Å². The van der Waals surface area contributed by atoms with Crippen LogP contribution in [-0.2, 0) is 4.79 Å². The number of amides is 1. The number of carbonyl (C=O) groups is 1. The highest BCUT2D eigenvalue weighted by Crippen LogP contribution is 2.34. The molecule has 4 aromatic rings. The van der Waals surface area contributed by atoms with Crippen LogP contribution in [0.1, 0.15) is 28.7 Å². The smallest absolute Gasteiger partial charge is 0.336 e. The van der Waals surface area contributed by atoms with Gasteiger partial charge in [0.2, 0.25) is 0 Å². The number of benzene rings is 1. The molecule has 3 aromatic heterocycles. The Balaban J connectivity index is 1.37. The second-order valence-corrected chi connectivity index (χ2v) is 8.14. The van der Waals surface area contributed by atoms with E-state index in [0.717, 1.165) is 21.5 Å². The first kappa shape index (κ1) is 19.3. The van der Waals surface area contributed by atoms with Crippen LogP contribution in [0, 0.1) is 6.92 Å².